The van der Waals surface area contributed by atoms with Gasteiger partial charge in [-0.2, -0.15) is 0 Å². The first-order valence-corrected chi connectivity index (χ1v) is 7.47. The monoisotopic (exact) mass is 366 g/mol. The molecule has 3 N–H and O–H groups in total. The molecule has 1 amide bonds. The van der Waals surface area contributed by atoms with Gasteiger partial charge in [-0.15, -0.1) is 12.4 Å². The van der Waals surface area contributed by atoms with Gasteiger partial charge in [-0.3, -0.25) is 4.79 Å². The maximum Gasteiger partial charge on any atom is 0.255 e. The van der Waals surface area contributed by atoms with Gasteiger partial charge in [0.25, 0.3) is 5.91 Å². The molecule has 0 heterocycles. The van der Waals surface area contributed by atoms with E-state index in [0.29, 0.717) is 28.5 Å². The normalized spacial score (nSPS) is 11.1. The van der Waals surface area contributed by atoms with Gasteiger partial charge in [0, 0.05) is 17.3 Å². The Morgan fingerprint density at radius 1 is 1.00 bits per heavy atom. The van der Waals surface area contributed by atoms with Crippen molar-refractivity contribution >= 4 is 24.0 Å². The quantitative estimate of drug-likeness (QED) is 0.818. The highest BCUT2D eigenvalue weighted by Crippen LogP contribution is 2.38. The van der Waals surface area contributed by atoms with Crippen LogP contribution >= 0.6 is 12.4 Å². The number of nitrogens with one attached hydrogen (secondary N) is 1. The number of carbonyl (C=O) groups is 1. The number of benzene rings is 2. The molecule has 0 aliphatic rings. The summed E-state index contributed by atoms with van der Waals surface area (Å²) in [5.41, 5.74) is 7.90. The smallest absolute Gasteiger partial charge is 0.255 e. The molecule has 0 saturated carbocycles. The summed E-state index contributed by atoms with van der Waals surface area (Å²) < 4.78 is 15.8. The molecule has 7 heteroatoms. The van der Waals surface area contributed by atoms with Gasteiger partial charge < -0.3 is 25.3 Å². The summed E-state index contributed by atoms with van der Waals surface area (Å²) in [5, 5.41) is 2.83. The van der Waals surface area contributed by atoms with E-state index in [9.17, 15) is 4.79 Å². The van der Waals surface area contributed by atoms with E-state index in [0.717, 1.165) is 5.56 Å². The summed E-state index contributed by atoms with van der Waals surface area (Å²) in [6.07, 6.45) is 0. The van der Waals surface area contributed by atoms with Gasteiger partial charge in [-0.05, 0) is 36.8 Å². The Balaban J connectivity index is 0.00000312. The number of hydrogen-bond acceptors (Lipinski definition) is 5. The predicted molar refractivity (Wildman–Crippen MR) is 100 cm³/mol. The zero-order valence-electron chi connectivity index (χ0n) is 14.7. The number of anilines is 1. The van der Waals surface area contributed by atoms with Crippen molar-refractivity contribution in [3.05, 3.63) is 47.5 Å². The molecule has 0 fully saturated rings. The average molecular weight is 367 g/mol. The van der Waals surface area contributed by atoms with Crippen LogP contribution in [0.1, 0.15) is 28.9 Å². The van der Waals surface area contributed by atoms with Crippen molar-refractivity contribution in [3.8, 4) is 17.2 Å². The van der Waals surface area contributed by atoms with Crippen LogP contribution in [0.15, 0.2) is 36.4 Å². The van der Waals surface area contributed by atoms with E-state index in [-0.39, 0.29) is 24.4 Å². The molecule has 136 valence electrons. The van der Waals surface area contributed by atoms with Gasteiger partial charge in [-0.25, -0.2) is 0 Å². The number of ether oxygens (including phenoxy) is 3. The topological polar surface area (TPSA) is 82.8 Å². The van der Waals surface area contributed by atoms with Crippen LogP contribution in [-0.4, -0.2) is 27.2 Å². The molecule has 2 aromatic rings. The van der Waals surface area contributed by atoms with Crippen molar-refractivity contribution in [3.63, 3.8) is 0 Å². The van der Waals surface area contributed by atoms with Crippen LogP contribution in [0, 0.1) is 0 Å². The molecule has 1 atom stereocenters. The summed E-state index contributed by atoms with van der Waals surface area (Å²) >= 11 is 0. The summed E-state index contributed by atoms with van der Waals surface area (Å²) in [7, 11) is 4.53. The van der Waals surface area contributed by atoms with E-state index < -0.39 is 0 Å². The van der Waals surface area contributed by atoms with Gasteiger partial charge in [0.05, 0.1) is 21.3 Å². The Labute approximate surface area is 153 Å². The van der Waals surface area contributed by atoms with E-state index in [4.69, 9.17) is 19.9 Å². The van der Waals surface area contributed by atoms with E-state index in [2.05, 4.69) is 5.32 Å². The molecular weight excluding hydrogens is 344 g/mol. The minimum Gasteiger partial charge on any atom is -0.493 e. The highest BCUT2D eigenvalue weighted by Gasteiger charge is 2.17. The third-order valence-corrected chi connectivity index (χ3v) is 3.62. The lowest BCUT2D eigenvalue weighted by Gasteiger charge is -2.14. The molecule has 0 aliphatic carbocycles. The number of carbonyl (C=O) groups excluding carboxylic acids is 1. The van der Waals surface area contributed by atoms with Crippen LogP contribution in [0.2, 0.25) is 0 Å². The lowest BCUT2D eigenvalue weighted by molar-refractivity contribution is 0.102. The molecule has 6 nitrogen and oxygen atoms in total. The van der Waals surface area contributed by atoms with E-state index >= 15 is 0 Å². The van der Waals surface area contributed by atoms with Crippen molar-refractivity contribution in [1.82, 2.24) is 0 Å². The second-order valence-electron chi connectivity index (χ2n) is 5.28. The molecule has 0 bridgehead atoms. The van der Waals surface area contributed by atoms with Crippen LogP contribution in [-0.2, 0) is 0 Å². The molecule has 0 spiro atoms. The fourth-order valence-corrected chi connectivity index (χ4v) is 2.29. The van der Waals surface area contributed by atoms with Crippen molar-refractivity contribution in [2.75, 3.05) is 26.6 Å². The molecule has 0 aromatic heterocycles. The van der Waals surface area contributed by atoms with Gasteiger partial charge in [-0.1, -0.05) is 12.1 Å². The van der Waals surface area contributed by atoms with Gasteiger partial charge in [0.15, 0.2) is 11.5 Å². The van der Waals surface area contributed by atoms with E-state index in [1.165, 1.54) is 21.3 Å². The Hall–Kier alpha value is -2.44. The molecular formula is C18H23ClN2O4. The second-order valence-corrected chi connectivity index (χ2v) is 5.28. The Kier molecular flexibility index (Phi) is 7.54. The fourth-order valence-electron chi connectivity index (χ4n) is 2.29. The zero-order chi connectivity index (χ0) is 17.7. The van der Waals surface area contributed by atoms with Crippen LogP contribution < -0.4 is 25.3 Å². The van der Waals surface area contributed by atoms with Gasteiger partial charge in [0.2, 0.25) is 5.75 Å². The molecule has 0 aliphatic heterocycles. The van der Waals surface area contributed by atoms with Crippen molar-refractivity contribution in [2.24, 2.45) is 5.73 Å². The maximum absolute atomic E-state index is 12.5. The van der Waals surface area contributed by atoms with Gasteiger partial charge in [0.1, 0.15) is 0 Å². The predicted octanol–water partition coefficient (Wildman–Crippen LogP) is 3.41. The van der Waals surface area contributed by atoms with Crippen LogP contribution in [0.3, 0.4) is 0 Å². The highest BCUT2D eigenvalue weighted by atomic mass is 35.5. The molecule has 25 heavy (non-hydrogen) atoms. The third-order valence-electron chi connectivity index (χ3n) is 3.62. The number of nitrogens with two attached hydrogens (primary N) is 1. The minimum atomic E-state index is -0.275. The van der Waals surface area contributed by atoms with Crippen molar-refractivity contribution in [1.29, 1.82) is 0 Å². The first kappa shape index (κ1) is 20.6. The van der Waals surface area contributed by atoms with E-state index in [1.54, 1.807) is 12.1 Å². The number of hydrogen-bond donors (Lipinski definition) is 2. The van der Waals surface area contributed by atoms with Crippen molar-refractivity contribution < 1.29 is 19.0 Å². The van der Waals surface area contributed by atoms with Crippen LogP contribution in [0.25, 0.3) is 0 Å². The molecule has 0 saturated heterocycles. The second kappa shape index (κ2) is 9.15. The Bertz CT molecular complexity index is 693. The first-order valence-electron chi connectivity index (χ1n) is 7.47. The SMILES string of the molecule is COc1cc(C(=O)Nc2ccc(C(C)N)cc2)cc(OC)c1OC.Cl. The van der Waals surface area contributed by atoms with Crippen molar-refractivity contribution in [2.45, 2.75) is 13.0 Å². The van der Waals surface area contributed by atoms with Gasteiger partial charge >= 0.3 is 0 Å². The van der Waals surface area contributed by atoms with E-state index in [1.807, 2.05) is 31.2 Å². The summed E-state index contributed by atoms with van der Waals surface area (Å²) in [6, 6.07) is 10.6. The zero-order valence-corrected chi connectivity index (χ0v) is 15.5. The summed E-state index contributed by atoms with van der Waals surface area (Å²) in [5.74, 6) is 1.02. The molecule has 2 aromatic carbocycles. The lowest BCUT2D eigenvalue weighted by Crippen LogP contribution is -2.13. The summed E-state index contributed by atoms with van der Waals surface area (Å²) in [4.78, 5) is 12.5. The minimum absolute atomic E-state index is 0. The maximum atomic E-state index is 12.5. The fraction of sp³-hybridized carbons (Fsp3) is 0.278. The number of halogens is 1. The van der Waals surface area contributed by atoms with Crippen LogP contribution in [0.5, 0.6) is 17.2 Å². The lowest BCUT2D eigenvalue weighted by atomic mass is 10.1. The Morgan fingerprint density at radius 3 is 1.92 bits per heavy atom. The molecule has 2 rings (SSSR count). The molecule has 0 radical (unpaired) electrons. The largest absolute Gasteiger partial charge is 0.493 e. The number of amides is 1. The highest BCUT2D eigenvalue weighted by molar-refractivity contribution is 6.05. The standard InChI is InChI=1S/C18H22N2O4.ClH/c1-11(19)12-5-7-14(8-6-12)20-18(21)13-9-15(22-2)17(24-4)16(10-13)23-3;/h5-11H,19H2,1-4H3,(H,20,21);1H. The molecule has 1 unspecified atom stereocenters. The number of methoxy groups -OCH3 is 3. The third kappa shape index (κ3) is 4.78. The van der Waals surface area contributed by atoms with Crippen LogP contribution in [0.4, 0.5) is 5.69 Å². The Morgan fingerprint density at radius 2 is 1.52 bits per heavy atom. The number of rotatable bonds is 6. The summed E-state index contributed by atoms with van der Waals surface area (Å²) in [6.45, 7) is 1.91. The average Bonchev–Trinajstić information content (AvgIpc) is 2.60. The first-order chi connectivity index (χ1) is 11.5.